The minimum absolute atomic E-state index is 0.0197. The number of hydrogen-bond donors (Lipinski definition) is 1. The van der Waals surface area contributed by atoms with Gasteiger partial charge in [-0.05, 0) is 49.3 Å². The summed E-state index contributed by atoms with van der Waals surface area (Å²) in [6.45, 7) is 4.47. The second-order valence-electron chi connectivity index (χ2n) is 6.44. The van der Waals surface area contributed by atoms with Gasteiger partial charge in [0.1, 0.15) is 11.3 Å². The summed E-state index contributed by atoms with van der Waals surface area (Å²) in [6.07, 6.45) is 2.97. The molecule has 3 unspecified atom stereocenters. The largest absolute Gasteiger partial charge is 0.497 e. The van der Waals surface area contributed by atoms with Gasteiger partial charge < -0.3 is 19.0 Å². The molecule has 1 heterocycles. The second-order valence-corrected chi connectivity index (χ2v) is 6.44. The Morgan fingerprint density at radius 1 is 1.26 bits per heavy atom. The van der Waals surface area contributed by atoms with Gasteiger partial charge in [-0.25, -0.2) is 4.79 Å². The lowest BCUT2D eigenvalue weighted by molar-refractivity contribution is 0.0638. The van der Waals surface area contributed by atoms with Crippen LogP contribution in [0.25, 0.3) is 11.0 Å². The molecule has 0 amide bonds. The van der Waals surface area contributed by atoms with E-state index >= 15 is 0 Å². The molecule has 1 aromatic carbocycles. The van der Waals surface area contributed by atoms with Crippen molar-refractivity contribution in [2.45, 2.75) is 39.2 Å². The molecule has 1 fully saturated rings. The van der Waals surface area contributed by atoms with Crippen molar-refractivity contribution in [3.05, 3.63) is 24.0 Å². The van der Waals surface area contributed by atoms with Crippen LogP contribution in [0.3, 0.4) is 0 Å². The van der Waals surface area contributed by atoms with E-state index in [4.69, 9.17) is 13.9 Å². The van der Waals surface area contributed by atoms with Crippen molar-refractivity contribution in [3.8, 4) is 11.5 Å². The minimum Gasteiger partial charge on any atom is -0.497 e. The number of carboxylic acid groups (broad SMARTS) is 1. The Bertz CT molecular complexity index is 718. The lowest BCUT2D eigenvalue weighted by Crippen LogP contribution is -2.29. The fraction of sp³-hybridized carbons (Fsp3) is 0.500. The van der Waals surface area contributed by atoms with Crippen molar-refractivity contribution in [3.63, 3.8) is 0 Å². The number of fused-ring (bicyclic) bond motifs is 1. The van der Waals surface area contributed by atoms with Crippen LogP contribution in [0.1, 0.15) is 43.7 Å². The van der Waals surface area contributed by atoms with Crippen LogP contribution in [-0.2, 0) is 0 Å². The van der Waals surface area contributed by atoms with Crippen LogP contribution in [0.5, 0.6) is 11.5 Å². The van der Waals surface area contributed by atoms with E-state index in [0.29, 0.717) is 34.3 Å². The Morgan fingerprint density at radius 2 is 2.04 bits per heavy atom. The molecule has 3 rings (SSSR count). The molecule has 124 valence electrons. The highest BCUT2D eigenvalue weighted by Gasteiger charge is 2.29. The number of rotatable bonds is 4. The average molecular weight is 318 g/mol. The van der Waals surface area contributed by atoms with Crippen LogP contribution < -0.4 is 9.47 Å². The van der Waals surface area contributed by atoms with Crippen LogP contribution in [0, 0.1) is 11.8 Å². The average Bonchev–Trinajstić information content (AvgIpc) is 2.89. The zero-order valence-corrected chi connectivity index (χ0v) is 13.7. The predicted octanol–water partition coefficient (Wildman–Crippen LogP) is 4.34. The Hall–Kier alpha value is -2.17. The summed E-state index contributed by atoms with van der Waals surface area (Å²) < 4.78 is 16.8. The first kappa shape index (κ1) is 15.7. The molecule has 0 spiro atoms. The van der Waals surface area contributed by atoms with E-state index in [0.717, 1.165) is 19.3 Å². The Labute approximate surface area is 135 Å². The first-order valence-corrected chi connectivity index (χ1v) is 8.00. The maximum absolute atomic E-state index is 11.5. The maximum Gasteiger partial charge on any atom is 0.375 e. The van der Waals surface area contributed by atoms with Gasteiger partial charge in [-0.1, -0.05) is 13.8 Å². The monoisotopic (exact) mass is 318 g/mol. The third kappa shape index (κ3) is 3.00. The van der Waals surface area contributed by atoms with Crippen molar-refractivity contribution in [2.75, 3.05) is 7.11 Å². The molecule has 1 aromatic heterocycles. The van der Waals surface area contributed by atoms with E-state index in [1.807, 2.05) is 0 Å². The summed E-state index contributed by atoms with van der Waals surface area (Å²) in [7, 11) is 1.57. The number of carboxylic acids is 1. The van der Waals surface area contributed by atoms with Gasteiger partial charge in [-0.3, -0.25) is 0 Å². The fourth-order valence-electron chi connectivity index (χ4n) is 3.21. The topological polar surface area (TPSA) is 68.9 Å². The number of aromatic carboxylic acids is 1. The summed E-state index contributed by atoms with van der Waals surface area (Å²) in [4.78, 5) is 11.5. The summed E-state index contributed by atoms with van der Waals surface area (Å²) in [6, 6.07) is 5.21. The van der Waals surface area contributed by atoms with Crippen molar-refractivity contribution < 1.29 is 23.8 Å². The van der Waals surface area contributed by atoms with Crippen LogP contribution in [0.15, 0.2) is 22.6 Å². The Kier molecular flexibility index (Phi) is 4.20. The number of benzene rings is 1. The Morgan fingerprint density at radius 3 is 2.70 bits per heavy atom. The minimum atomic E-state index is -1.12. The van der Waals surface area contributed by atoms with Crippen molar-refractivity contribution in [1.29, 1.82) is 0 Å². The number of hydrogen-bond acceptors (Lipinski definition) is 4. The van der Waals surface area contributed by atoms with Gasteiger partial charge in [0, 0.05) is 0 Å². The third-order valence-corrected chi connectivity index (χ3v) is 4.88. The number of furan rings is 1. The summed E-state index contributed by atoms with van der Waals surface area (Å²) >= 11 is 0. The first-order valence-electron chi connectivity index (χ1n) is 8.00. The van der Waals surface area contributed by atoms with Crippen molar-refractivity contribution in [2.24, 2.45) is 11.8 Å². The molecule has 5 heteroatoms. The summed E-state index contributed by atoms with van der Waals surface area (Å²) in [5.41, 5.74) is 0.496. The second kappa shape index (κ2) is 6.14. The molecule has 2 aromatic rings. The van der Waals surface area contributed by atoms with E-state index in [2.05, 4.69) is 13.8 Å². The normalized spacial score (nSPS) is 24.6. The Balaban J connectivity index is 1.97. The fourth-order valence-corrected chi connectivity index (χ4v) is 3.21. The molecule has 0 radical (unpaired) electrons. The number of carbonyl (C=O) groups is 1. The molecule has 1 aliphatic rings. The van der Waals surface area contributed by atoms with E-state index in [1.54, 1.807) is 25.3 Å². The lowest BCUT2D eigenvalue weighted by atomic mass is 9.80. The van der Waals surface area contributed by atoms with Gasteiger partial charge in [0.15, 0.2) is 5.75 Å². The zero-order chi connectivity index (χ0) is 16.6. The molecule has 5 nitrogen and oxygen atoms in total. The predicted molar refractivity (Wildman–Crippen MR) is 86.3 cm³/mol. The van der Waals surface area contributed by atoms with Gasteiger partial charge in [-0.15, -0.1) is 0 Å². The smallest absolute Gasteiger partial charge is 0.375 e. The molecule has 1 saturated carbocycles. The van der Waals surface area contributed by atoms with Gasteiger partial charge in [0.05, 0.1) is 18.6 Å². The van der Waals surface area contributed by atoms with Gasteiger partial charge in [0.25, 0.3) is 5.76 Å². The number of ether oxygens (including phenoxy) is 2. The van der Waals surface area contributed by atoms with Crippen LogP contribution in [-0.4, -0.2) is 24.3 Å². The zero-order valence-electron chi connectivity index (χ0n) is 13.7. The highest BCUT2D eigenvalue weighted by atomic mass is 16.5. The molecule has 23 heavy (non-hydrogen) atoms. The third-order valence-electron chi connectivity index (χ3n) is 4.88. The highest BCUT2D eigenvalue weighted by Crippen LogP contribution is 2.39. The van der Waals surface area contributed by atoms with E-state index in [-0.39, 0.29) is 11.9 Å². The van der Waals surface area contributed by atoms with Crippen LogP contribution >= 0.6 is 0 Å². The molecular weight excluding hydrogens is 296 g/mol. The maximum atomic E-state index is 11.5. The molecule has 1 N–H and O–H groups in total. The molecule has 0 bridgehead atoms. The lowest BCUT2D eigenvalue weighted by Gasteiger charge is -2.32. The quantitative estimate of drug-likeness (QED) is 0.908. The molecule has 3 atom stereocenters. The standard InChI is InChI=1S/C18H22O5/c1-10-4-5-13(8-11(10)2)22-16-14-9-12(21-3)6-7-15(14)23-17(16)18(19)20/h6-7,9-11,13H,4-5,8H2,1-3H3,(H,19,20). The first-order chi connectivity index (χ1) is 11.0. The summed E-state index contributed by atoms with van der Waals surface area (Å²) in [5.74, 6) is 0.945. The van der Waals surface area contributed by atoms with Crippen molar-refractivity contribution >= 4 is 16.9 Å². The molecule has 0 saturated heterocycles. The van der Waals surface area contributed by atoms with Crippen molar-refractivity contribution in [1.82, 2.24) is 0 Å². The molecule has 0 aliphatic heterocycles. The molecule has 1 aliphatic carbocycles. The van der Waals surface area contributed by atoms with Gasteiger partial charge in [0.2, 0.25) is 0 Å². The van der Waals surface area contributed by atoms with E-state index in [9.17, 15) is 9.90 Å². The van der Waals surface area contributed by atoms with Crippen LogP contribution in [0.4, 0.5) is 0 Å². The van der Waals surface area contributed by atoms with Gasteiger partial charge in [-0.2, -0.15) is 0 Å². The van der Waals surface area contributed by atoms with Crippen LogP contribution in [0.2, 0.25) is 0 Å². The SMILES string of the molecule is COc1ccc2oc(C(=O)O)c(OC3CCC(C)C(C)C3)c2c1. The number of methoxy groups -OCH3 is 1. The summed E-state index contributed by atoms with van der Waals surface area (Å²) in [5, 5.41) is 10.1. The van der Waals surface area contributed by atoms with Gasteiger partial charge >= 0.3 is 5.97 Å². The molecular formula is C18H22O5. The highest BCUT2D eigenvalue weighted by molar-refractivity contribution is 5.98. The van der Waals surface area contributed by atoms with E-state index < -0.39 is 5.97 Å². The van der Waals surface area contributed by atoms with E-state index in [1.165, 1.54) is 0 Å².